The third-order valence-electron chi connectivity index (χ3n) is 2.93. The van der Waals surface area contributed by atoms with E-state index in [0.717, 1.165) is 5.56 Å². The third kappa shape index (κ3) is 3.72. The predicted octanol–water partition coefficient (Wildman–Crippen LogP) is 3.91. The number of carboxylic acid groups (broad SMARTS) is 1. The highest BCUT2D eigenvalue weighted by molar-refractivity contribution is 9.10. The molecule has 0 heterocycles. The van der Waals surface area contributed by atoms with Crippen LogP contribution in [0.25, 0.3) is 0 Å². The lowest BCUT2D eigenvalue weighted by Crippen LogP contribution is -2.03. The van der Waals surface area contributed by atoms with Crippen LogP contribution < -0.4 is 10.1 Å². The molecule has 0 unspecified atom stereocenters. The Bertz CT molecular complexity index is 676. The lowest BCUT2D eigenvalue weighted by Gasteiger charge is -2.10. The molecule has 2 rings (SSSR count). The van der Waals surface area contributed by atoms with Crippen LogP contribution in [-0.4, -0.2) is 18.2 Å². The Morgan fingerprint density at radius 3 is 2.67 bits per heavy atom. The van der Waals surface area contributed by atoms with E-state index >= 15 is 0 Å². The Hall–Kier alpha value is -2.08. The summed E-state index contributed by atoms with van der Waals surface area (Å²) in [5.41, 5.74) is 1.69. The van der Waals surface area contributed by atoms with Gasteiger partial charge in [-0.05, 0) is 29.8 Å². The van der Waals surface area contributed by atoms with Crippen molar-refractivity contribution in [1.82, 2.24) is 0 Å². The number of carboxylic acids is 1. The second-order valence-electron chi connectivity index (χ2n) is 4.31. The molecule has 110 valence electrons. The van der Waals surface area contributed by atoms with Gasteiger partial charge in [0.1, 0.15) is 0 Å². The number of nitrogens with one attached hydrogen (secondary N) is 1. The molecule has 0 aromatic heterocycles. The molecule has 2 N–H and O–H groups in total. The Balaban J connectivity index is 2.09. The highest BCUT2D eigenvalue weighted by atomic mass is 79.9. The van der Waals surface area contributed by atoms with E-state index in [-0.39, 0.29) is 11.3 Å². The van der Waals surface area contributed by atoms with Crippen molar-refractivity contribution in [3.05, 3.63) is 57.8 Å². The lowest BCUT2D eigenvalue weighted by molar-refractivity contribution is 0.0697. The molecule has 0 aliphatic rings. The maximum Gasteiger partial charge on any atom is 0.335 e. The van der Waals surface area contributed by atoms with Crippen molar-refractivity contribution in [1.29, 1.82) is 0 Å². The number of aromatic carboxylic acids is 1. The minimum atomic E-state index is -0.979. The lowest BCUT2D eigenvalue weighted by atomic mass is 10.1. The number of hydrogen-bond acceptors (Lipinski definition) is 3. The highest BCUT2D eigenvalue weighted by Crippen LogP contribution is 2.23. The first-order valence-electron chi connectivity index (χ1n) is 6.10. The molecule has 0 bridgehead atoms. The summed E-state index contributed by atoms with van der Waals surface area (Å²) in [6.45, 7) is 0.437. The SMILES string of the molecule is COc1ccc(NCc2ccc(C(=O)O)cc2Br)cc1F. The summed E-state index contributed by atoms with van der Waals surface area (Å²) in [6, 6.07) is 9.37. The largest absolute Gasteiger partial charge is 0.494 e. The highest BCUT2D eigenvalue weighted by Gasteiger charge is 2.07. The van der Waals surface area contributed by atoms with Gasteiger partial charge in [-0.25, -0.2) is 9.18 Å². The standard InChI is InChI=1S/C15H13BrFNO3/c1-21-14-5-4-11(7-13(14)17)18-8-10-3-2-9(15(19)20)6-12(10)16/h2-7,18H,8H2,1H3,(H,19,20). The summed E-state index contributed by atoms with van der Waals surface area (Å²) in [5, 5.41) is 12.0. The van der Waals surface area contributed by atoms with Gasteiger partial charge in [0.05, 0.1) is 12.7 Å². The maximum atomic E-state index is 13.6. The van der Waals surface area contributed by atoms with Gasteiger partial charge in [-0.15, -0.1) is 0 Å². The fourth-order valence-corrected chi connectivity index (χ4v) is 2.32. The normalized spacial score (nSPS) is 10.2. The number of halogens is 2. The summed E-state index contributed by atoms with van der Waals surface area (Å²) in [4.78, 5) is 10.9. The van der Waals surface area contributed by atoms with Gasteiger partial charge in [-0.1, -0.05) is 22.0 Å². The van der Waals surface area contributed by atoms with Crippen molar-refractivity contribution in [2.75, 3.05) is 12.4 Å². The van der Waals surface area contributed by atoms with E-state index in [2.05, 4.69) is 21.2 Å². The van der Waals surface area contributed by atoms with E-state index in [4.69, 9.17) is 9.84 Å². The van der Waals surface area contributed by atoms with Gasteiger partial charge in [0.25, 0.3) is 0 Å². The average molecular weight is 354 g/mol. The number of ether oxygens (including phenoxy) is 1. The Morgan fingerprint density at radius 1 is 1.33 bits per heavy atom. The first-order valence-corrected chi connectivity index (χ1v) is 6.89. The molecule has 0 saturated carbocycles. The fourth-order valence-electron chi connectivity index (χ4n) is 1.80. The minimum Gasteiger partial charge on any atom is -0.494 e. The fraction of sp³-hybridized carbons (Fsp3) is 0.133. The van der Waals surface area contributed by atoms with Crippen LogP contribution in [0, 0.1) is 5.82 Å². The van der Waals surface area contributed by atoms with Crippen LogP contribution in [0.1, 0.15) is 15.9 Å². The molecule has 0 aliphatic carbocycles. The van der Waals surface area contributed by atoms with Crippen molar-refractivity contribution in [3.63, 3.8) is 0 Å². The monoisotopic (exact) mass is 353 g/mol. The number of methoxy groups -OCH3 is 1. The molecule has 0 atom stereocenters. The molecule has 0 spiro atoms. The second kappa shape index (κ2) is 6.58. The maximum absolute atomic E-state index is 13.6. The van der Waals surface area contributed by atoms with Crippen molar-refractivity contribution in [3.8, 4) is 5.75 Å². The molecular weight excluding hydrogens is 341 g/mol. The van der Waals surface area contributed by atoms with Gasteiger partial charge < -0.3 is 15.2 Å². The molecule has 2 aromatic rings. The van der Waals surface area contributed by atoms with Crippen molar-refractivity contribution >= 4 is 27.6 Å². The number of anilines is 1. The summed E-state index contributed by atoms with van der Waals surface area (Å²) in [5.74, 6) is -1.23. The summed E-state index contributed by atoms with van der Waals surface area (Å²) in [6.07, 6.45) is 0. The van der Waals surface area contributed by atoms with Crippen LogP contribution in [0.2, 0.25) is 0 Å². The van der Waals surface area contributed by atoms with E-state index < -0.39 is 11.8 Å². The number of hydrogen-bond donors (Lipinski definition) is 2. The van der Waals surface area contributed by atoms with Crippen LogP contribution in [0.5, 0.6) is 5.75 Å². The van der Waals surface area contributed by atoms with Crippen molar-refractivity contribution in [2.24, 2.45) is 0 Å². The van der Waals surface area contributed by atoms with Gasteiger partial charge in [-0.3, -0.25) is 0 Å². The number of benzene rings is 2. The van der Waals surface area contributed by atoms with Crippen LogP contribution in [-0.2, 0) is 6.54 Å². The number of rotatable bonds is 5. The molecule has 0 radical (unpaired) electrons. The first kappa shape index (κ1) is 15.3. The van der Waals surface area contributed by atoms with Crippen LogP contribution in [0.4, 0.5) is 10.1 Å². The van der Waals surface area contributed by atoms with Gasteiger partial charge in [0.2, 0.25) is 0 Å². The molecule has 0 amide bonds. The van der Waals surface area contributed by atoms with E-state index in [9.17, 15) is 9.18 Å². The summed E-state index contributed by atoms with van der Waals surface area (Å²) in [7, 11) is 1.41. The van der Waals surface area contributed by atoms with Crippen molar-refractivity contribution < 1.29 is 19.0 Å². The molecule has 0 aliphatic heterocycles. The molecule has 0 fully saturated rings. The van der Waals surface area contributed by atoms with Gasteiger partial charge >= 0.3 is 5.97 Å². The Morgan fingerprint density at radius 2 is 2.10 bits per heavy atom. The minimum absolute atomic E-state index is 0.188. The first-order chi connectivity index (χ1) is 10.0. The predicted molar refractivity (Wildman–Crippen MR) is 81.4 cm³/mol. The topological polar surface area (TPSA) is 58.6 Å². The van der Waals surface area contributed by atoms with Crippen molar-refractivity contribution in [2.45, 2.75) is 6.54 Å². The molecule has 0 saturated heterocycles. The van der Waals surface area contributed by atoms with Gasteiger partial charge in [-0.2, -0.15) is 0 Å². The zero-order valence-corrected chi connectivity index (χ0v) is 12.8. The molecule has 2 aromatic carbocycles. The van der Waals surface area contributed by atoms with E-state index in [0.29, 0.717) is 16.7 Å². The van der Waals surface area contributed by atoms with Crippen LogP contribution in [0.3, 0.4) is 0 Å². The summed E-state index contributed by atoms with van der Waals surface area (Å²) >= 11 is 3.33. The second-order valence-corrected chi connectivity index (χ2v) is 5.17. The van der Waals surface area contributed by atoms with E-state index in [1.807, 2.05) is 0 Å². The Kier molecular flexibility index (Phi) is 4.80. The quantitative estimate of drug-likeness (QED) is 0.855. The van der Waals surface area contributed by atoms with Gasteiger partial charge in [0, 0.05) is 22.8 Å². The molecule has 4 nitrogen and oxygen atoms in total. The smallest absolute Gasteiger partial charge is 0.335 e. The van der Waals surface area contributed by atoms with Gasteiger partial charge in [0.15, 0.2) is 11.6 Å². The Labute approximate surface area is 129 Å². The zero-order valence-electron chi connectivity index (χ0n) is 11.2. The molecular formula is C15H13BrFNO3. The molecule has 6 heteroatoms. The zero-order chi connectivity index (χ0) is 15.4. The van der Waals surface area contributed by atoms with Crippen LogP contribution >= 0.6 is 15.9 Å². The van der Waals surface area contributed by atoms with E-state index in [1.54, 1.807) is 18.2 Å². The molecule has 21 heavy (non-hydrogen) atoms. The van der Waals surface area contributed by atoms with Crippen LogP contribution in [0.15, 0.2) is 40.9 Å². The average Bonchev–Trinajstić information content (AvgIpc) is 2.46. The van der Waals surface area contributed by atoms with E-state index in [1.165, 1.54) is 25.3 Å². The number of carbonyl (C=O) groups is 1. The summed E-state index contributed by atoms with van der Waals surface area (Å²) < 4.78 is 19.1. The third-order valence-corrected chi connectivity index (χ3v) is 3.67.